The van der Waals surface area contributed by atoms with Crippen molar-refractivity contribution >= 4 is 16.5 Å². The minimum absolute atomic E-state index is 0.512. The highest BCUT2D eigenvalue weighted by molar-refractivity contribution is 7.15. The van der Waals surface area contributed by atoms with Gasteiger partial charge in [-0.25, -0.2) is 0 Å². The van der Waals surface area contributed by atoms with E-state index in [9.17, 15) is 0 Å². The molecule has 0 spiro atoms. The van der Waals surface area contributed by atoms with Gasteiger partial charge in [0.05, 0.1) is 0 Å². The Morgan fingerprint density at radius 1 is 1.29 bits per heavy atom. The van der Waals surface area contributed by atoms with Gasteiger partial charge >= 0.3 is 0 Å². The molecule has 1 N–H and O–H groups in total. The number of hydrogen-bond donors (Lipinski definition) is 1. The Labute approximate surface area is 130 Å². The highest BCUT2D eigenvalue weighted by atomic mass is 32.1. The van der Waals surface area contributed by atoms with Crippen molar-refractivity contribution in [2.75, 3.05) is 25.0 Å². The summed E-state index contributed by atoms with van der Waals surface area (Å²) in [5.74, 6) is 0. The Hall–Kier alpha value is -1.46. The summed E-state index contributed by atoms with van der Waals surface area (Å²) >= 11 is 1.68. The normalized spacial score (nSPS) is 19.0. The summed E-state index contributed by atoms with van der Waals surface area (Å²) in [6, 6.07) is 11.2. The monoisotopic (exact) mass is 302 g/mol. The molecule has 5 heteroatoms. The van der Waals surface area contributed by atoms with E-state index in [-0.39, 0.29) is 0 Å². The number of rotatable bonds is 6. The Bertz CT molecular complexity index is 554. The molecule has 1 aliphatic heterocycles. The largest absolute Gasteiger partial charge is 0.356 e. The molecule has 2 aromatic rings. The fraction of sp³-hybridized carbons (Fsp3) is 0.500. The first-order valence-electron chi connectivity index (χ1n) is 7.68. The van der Waals surface area contributed by atoms with Gasteiger partial charge < -0.3 is 10.2 Å². The second-order valence-electron chi connectivity index (χ2n) is 5.52. The van der Waals surface area contributed by atoms with Crippen LogP contribution in [0.25, 0.3) is 0 Å². The highest BCUT2D eigenvalue weighted by Gasteiger charge is 2.22. The first kappa shape index (κ1) is 14.5. The fourth-order valence-electron chi connectivity index (χ4n) is 2.71. The van der Waals surface area contributed by atoms with Crippen molar-refractivity contribution in [3.05, 3.63) is 40.9 Å². The summed E-state index contributed by atoms with van der Waals surface area (Å²) in [7, 11) is 0. The minimum Gasteiger partial charge on any atom is -0.356 e. The molecule has 1 atom stereocenters. The maximum absolute atomic E-state index is 4.21. The number of hydrogen-bond acceptors (Lipinski definition) is 5. The maximum atomic E-state index is 4.21. The van der Waals surface area contributed by atoms with E-state index in [4.69, 9.17) is 0 Å². The number of aryl methyl sites for hydroxylation is 1. The molecule has 4 nitrogen and oxygen atoms in total. The Kier molecular flexibility index (Phi) is 4.83. The first-order valence-corrected chi connectivity index (χ1v) is 8.50. The van der Waals surface area contributed by atoms with Gasteiger partial charge in [0.15, 0.2) is 0 Å². The van der Waals surface area contributed by atoms with E-state index in [0.717, 1.165) is 36.1 Å². The standard InChI is InChI=1S/C16H22N4S/c1-2-15-18-19-16(21-15)17-14-9-11-20(12-14)10-8-13-6-4-3-5-7-13/h3-7,14H,2,8-12H2,1H3,(H,17,19). The lowest BCUT2D eigenvalue weighted by molar-refractivity contribution is 0.340. The van der Waals surface area contributed by atoms with Crippen LogP contribution in [0.4, 0.5) is 5.13 Å². The molecule has 0 bridgehead atoms. The van der Waals surface area contributed by atoms with Crippen LogP contribution in [-0.4, -0.2) is 40.8 Å². The molecule has 1 aromatic heterocycles. The fourth-order valence-corrected chi connectivity index (χ4v) is 3.47. The first-order chi connectivity index (χ1) is 10.3. The zero-order valence-corrected chi connectivity index (χ0v) is 13.3. The van der Waals surface area contributed by atoms with Gasteiger partial charge in [-0.15, -0.1) is 10.2 Å². The Morgan fingerprint density at radius 2 is 2.14 bits per heavy atom. The lowest BCUT2D eigenvalue weighted by atomic mass is 10.1. The summed E-state index contributed by atoms with van der Waals surface area (Å²) in [5, 5.41) is 14.0. The molecule has 0 saturated carbocycles. The minimum atomic E-state index is 0.512. The second kappa shape index (κ2) is 7.00. The average Bonchev–Trinajstić information content (AvgIpc) is 3.16. The molecule has 3 rings (SSSR count). The van der Waals surface area contributed by atoms with Gasteiger partial charge in [-0.1, -0.05) is 48.6 Å². The van der Waals surface area contributed by atoms with Crippen LogP contribution >= 0.6 is 11.3 Å². The molecule has 112 valence electrons. The number of aromatic nitrogens is 2. The van der Waals surface area contributed by atoms with E-state index in [2.05, 4.69) is 57.7 Å². The van der Waals surface area contributed by atoms with E-state index in [1.54, 1.807) is 11.3 Å². The third kappa shape index (κ3) is 4.02. The van der Waals surface area contributed by atoms with Crippen molar-refractivity contribution in [2.45, 2.75) is 32.2 Å². The van der Waals surface area contributed by atoms with E-state index in [0.29, 0.717) is 6.04 Å². The van der Waals surface area contributed by atoms with Crippen LogP contribution in [0, 0.1) is 0 Å². The molecule has 0 amide bonds. The van der Waals surface area contributed by atoms with Gasteiger partial charge in [-0.3, -0.25) is 0 Å². The second-order valence-corrected chi connectivity index (χ2v) is 6.58. The van der Waals surface area contributed by atoms with E-state index in [1.807, 2.05) is 0 Å². The molecular weight excluding hydrogens is 280 g/mol. The molecule has 0 radical (unpaired) electrons. The SMILES string of the molecule is CCc1nnc(NC2CCN(CCc3ccccc3)C2)s1. The van der Waals surface area contributed by atoms with Crippen LogP contribution in [0.15, 0.2) is 30.3 Å². The number of nitrogens with zero attached hydrogens (tertiary/aromatic N) is 3. The smallest absolute Gasteiger partial charge is 0.205 e. The lowest BCUT2D eigenvalue weighted by Crippen LogP contribution is -2.27. The van der Waals surface area contributed by atoms with Crippen molar-refractivity contribution in [1.29, 1.82) is 0 Å². The van der Waals surface area contributed by atoms with Crippen molar-refractivity contribution in [3.63, 3.8) is 0 Å². The topological polar surface area (TPSA) is 41.1 Å². The predicted molar refractivity (Wildman–Crippen MR) is 87.9 cm³/mol. The lowest BCUT2D eigenvalue weighted by Gasteiger charge is -2.16. The average molecular weight is 302 g/mol. The molecule has 21 heavy (non-hydrogen) atoms. The quantitative estimate of drug-likeness (QED) is 0.891. The molecule has 0 aliphatic carbocycles. The maximum Gasteiger partial charge on any atom is 0.205 e. The molecule has 1 saturated heterocycles. The van der Waals surface area contributed by atoms with Crippen LogP contribution in [0.2, 0.25) is 0 Å². The van der Waals surface area contributed by atoms with Gasteiger partial charge in [-0.05, 0) is 24.8 Å². The Balaban J connectivity index is 1.44. The number of benzene rings is 1. The van der Waals surface area contributed by atoms with Crippen LogP contribution in [0.3, 0.4) is 0 Å². The van der Waals surface area contributed by atoms with Gasteiger partial charge in [0.2, 0.25) is 5.13 Å². The molecule has 2 heterocycles. The number of anilines is 1. The predicted octanol–water partition coefficient (Wildman–Crippen LogP) is 2.83. The van der Waals surface area contributed by atoms with Crippen LogP contribution < -0.4 is 5.32 Å². The van der Waals surface area contributed by atoms with Crippen LogP contribution in [0.5, 0.6) is 0 Å². The highest BCUT2D eigenvalue weighted by Crippen LogP contribution is 2.20. The van der Waals surface area contributed by atoms with Crippen molar-refractivity contribution < 1.29 is 0 Å². The zero-order valence-electron chi connectivity index (χ0n) is 12.5. The number of nitrogens with one attached hydrogen (secondary N) is 1. The van der Waals surface area contributed by atoms with Crippen molar-refractivity contribution in [2.24, 2.45) is 0 Å². The van der Waals surface area contributed by atoms with Gasteiger partial charge in [0.25, 0.3) is 0 Å². The van der Waals surface area contributed by atoms with Crippen molar-refractivity contribution in [3.8, 4) is 0 Å². The number of likely N-dealkylation sites (tertiary alicyclic amines) is 1. The Morgan fingerprint density at radius 3 is 2.90 bits per heavy atom. The van der Waals surface area contributed by atoms with Gasteiger partial charge in [0, 0.05) is 25.7 Å². The molecule has 1 unspecified atom stereocenters. The summed E-state index contributed by atoms with van der Waals surface area (Å²) < 4.78 is 0. The third-order valence-electron chi connectivity index (χ3n) is 3.93. The van der Waals surface area contributed by atoms with Crippen molar-refractivity contribution in [1.82, 2.24) is 15.1 Å². The summed E-state index contributed by atoms with van der Waals surface area (Å²) in [6.07, 6.45) is 3.29. The summed E-state index contributed by atoms with van der Waals surface area (Å²) in [4.78, 5) is 2.53. The van der Waals surface area contributed by atoms with Gasteiger partial charge in [0.1, 0.15) is 5.01 Å². The zero-order chi connectivity index (χ0) is 14.5. The summed E-state index contributed by atoms with van der Waals surface area (Å²) in [5.41, 5.74) is 1.42. The molecular formula is C16H22N4S. The summed E-state index contributed by atoms with van der Waals surface area (Å²) in [6.45, 7) is 5.53. The molecule has 1 aliphatic rings. The molecule has 1 fully saturated rings. The van der Waals surface area contributed by atoms with E-state index in [1.165, 1.54) is 18.5 Å². The van der Waals surface area contributed by atoms with Crippen LogP contribution in [-0.2, 0) is 12.8 Å². The van der Waals surface area contributed by atoms with E-state index >= 15 is 0 Å². The van der Waals surface area contributed by atoms with Gasteiger partial charge in [-0.2, -0.15) is 0 Å². The van der Waals surface area contributed by atoms with Crippen LogP contribution in [0.1, 0.15) is 23.9 Å². The molecule has 1 aromatic carbocycles. The third-order valence-corrected chi connectivity index (χ3v) is 4.93. The van der Waals surface area contributed by atoms with E-state index < -0.39 is 0 Å².